The molecule has 2 aromatic rings. The molecule has 2 aromatic carbocycles. The van der Waals surface area contributed by atoms with Crippen molar-refractivity contribution in [3.05, 3.63) is 58.1 Å². The Morgan fingerprint density at radius 1 is 1.18 bits per heavy atom. The summed E-state index contributed by atoms with van der Waals surface area (Å²) in [7, 11) is -2.02. The predicted molar refractivity (Wildman–Crippen MR) is 138 cm³/mol. The number of aliphatic hydroxyl groups is 1. The highest BCUT2D eigenvalue weighted by molar-refractivity contribution is 8.14. The standard InChI is InChI=1S/C24H32ClN3O3S2/c1-6-13-28(14-7-2)33(30,31)22-15-19(11-12-20(22)25)24(29)16-32-23(27(24)5)26-21-10-8-9-17(3)18(21)4/h8-12,15,29H,6-7,13-14,16H2,1-5H3. The van der Waals surface area contributed by atoms with Crippen molar-refractivity contribution in [2.75, 3.05) is 25.9 Å². The molecule has 6 nitrogen and oxygen atoms in total. The summed E-state index contributed by atoms with van der Waals surface area (Å²) in [6.45, 7) is 8.79. The number of nitrogens with zero attached hydrogens (tertiary/aromatic N) is 3. The number of thioether (sulfide) groups is 1. The Balaban J connectivity index is 2.00. The van der Waals surface area contributed by atoms with Crippen molar-refractivity contribution in [1.29, 1.82) is 0 Å². The lowest BCUT2D eigenvalue weighted by Gasteiger charge is -2.32. The molecule has 0 aromatic heterocycles. The van der Waals surface area contributed by atoms with Gasteiger partial charge in [-0.25, -0.2) is 13.4 Å². The van der Waals surface area contributed by atoms with Crippen LogP contribution >= 0.6 is 23.4 Å². The smallest absolute Gasteiger partial charge is 0.244 e. The van der Waals surface area contributed by atoms with Crippen LogP contribution in [0, 0.1) is 13.8 Å². The quantitative estimate of drug-likeness (QED) is 0.524. The van der Waals surface area contributed by atoms with Gasteiger partial charge in [-0.15, -0.1) is 0 Å². The van der Waals surface area contributed by atoms with Crippen molar-refractivity contribution in [2.45, 2.75) is 51.2 Å². The Morgan fingerprint density at radius 3 is 2.48 bits per heavy atom. The molecule has 0 spiro atoms. The molecule has 3 rings (SSSR count). The third-order valence-electron chi connectivity index (χ3n) is 5.99. The lowest BCUT2D eigenvalue weighted by molar-refractivity contribution is -0.0349. The van der Waals surface area contributed by atoms with Crippen LogP contribution in [0.1, 0.15) is 43.4 Å². The van der Waals surface area contributed by atoms with E-state index < -0.39 is 15.7 Å². The van der Waals surface area contributed by atoms with Gasteiger partial charge in [0.15, 0.2) is 10.9 Å². The monoisotopic (exact) mass is 509 g/mol. The fraction of sp³-hybridized carbons (Fsp3) is 0.458. The first-order valence-electron chi connectivity index (χ1n) is 11.1. The summed E-state index contributed by atoms with van der Waals surface area (Å²) in [5, 5.41) is 12.4. The first kappa shape index (κ1) is 26.0. The zero-order valence-electron chi connectivity index (χ0n) is 19.8. The third kappa shape index (κ3) is 5.10. The minimum absolute atomic E-state index is 0.0234. The van der Waals surface area contributed by atoms with E-state index in [0.29, 0.717) is 42.4 Å². The molecule has 0 radical (unpaired) electrons. The normalized spacial score (nSPS) is 20.2. The summed E-state index contributed by atoms with van der Waals surface area (Å²) >= 11 is 7.79. The molecule has 0 saturated carbocycles. The number of aryl methyl sites for hydroxylation is 1. The Bertz CT molecular complexity index is 1150. The fourth-order valence-corrected chi connectivity index (χ4v) is 7.12. The molecule has 0 aliphatic carbocycles. The van der Waals surface area contributed by atoms with Gasteiger partial charge in [-0.3, -0.25) is 0 Å². The average molecular weight is 510 g/mol. The van der Waals surface area contributed by atoms with E-state index in [4.69, 9.17) is 16.6 Å². The van der Waals surface area contributed by atoms with Gasteiger partial charge >= 0.3 is 0 Å². The van der Waals surface area contributed by atoms with Crippen molar-refractivity contribution in [3.8, 4) is 0 Å². The number of benzene rings is 2. The molecular formula is C24H32ClN3O3S2. The first-order valence-corrected chi connectivity index (χ1v) is 13.9. The Labute approximate surface area is 206 Å². The van der Waals surface area contributed by atoms with Crippen LogP contribution in [-0.2, 0) is 15.7 Å². The summed E-state index contributed by atoms with van der Waals surface area (Å²) in [5.41, 5.74) is 2.15. The molecule has 1 N–H and O–H groups in total. The van der Waals surface area contributed by atoms with Crippen LogP contribution in [0.4, 0.5) is 5.69 Å². The van der Waals surface area contributed by atoms with Crippen LogP contribution in [-0.4, -0.2) is 53.8 Å². The van der Waals surface area contributed by atoms with Crippen LogP contribution in [0.3, 0.4) is 0 Å². The second-order valence-electron chi connectivity index (χ2n) is 8.33. The third-order valence-corrected chi connectivity index (χ3v) is 9.54. The number of amidine groups is 1. The number of sulfonamides is 1. The summed E-state index contributed by atoms with van der Waals surface area (Å²) in [5.74, 6) is 0.321. The topological polar surface area (TPSA) is 73.2 Å². The summed E-state index contributed by atoms with van der Waals surface area (Å²) in [6.07, 6.45) is 1.41. The SMILES string of the molecule is CCCN(CCC)S(=O)(=O)c1cc(C2(O)CSC(=Nc3cccc(C)c3C)N2C)ccc1Cl. The van der Waals surface area contributed by atoms with Gasteiger partial charge in [0.2, 0.25) is 10.0 Å². The number of hydrogen-bond acceptors (Lipinski definition) is 5. The van der Waals surface area contributed by atoms with E-state index in [9.17, 15) is 13.5 Å². The first-order chi connectivity index (χ1) is 15.6. The van der Waals surface area contributed by atoms with Gasteiger partial charge in [-0.05, 0) is 56.0 Å². The highest BCUT2D eigenvalue weighted by Crippen LogP contribution is 2.41. The van der Waals surface area contributed by atoms with Crippen molar-refractivity contribution >= 4 is 44.2 Å². The molecule has 0 amide bonds. The minimum Gasteiger partial charge on any atom is -0.366 e. The van der Waals surface area contributed by atoms with Crippen molar-refractivity contribution in [1.82, 2.24) is 9.21 Å². The maximum Gasteiger partial charge on any atom is 0.244 e. The van der Waals surface area contributed by atoms with E-state index in [1.807, 2.05) is 45.9 Å². The second-order valence-corrected chi connectivity index (χ2v) is 11.6. The zero-order chi connectivity index (χ0) is 24.4. The van der Waals surface area contributed by atoms with Gasteiger partial charge in [0.05, 0.1) is 16.5 Å². The zero-order valence-corrected chi connectivity index (χ0v) is 22.2. The minimum atomic E-state index is -3.79. The number of hydrogen-bond donors (Lipinski definition) is 1. The largest absolute Gasteiger partial charge is 0.366 e. The Morgan fingerprint density at radius 2 is 1.85 bits per heavy atom. The van der Waals surface area contributed by atoms with E-state index in [1.54, 1.807) is 24.1 Å². The molecule has 1 heterocycles. The molecular weight excluding hydrogens is 478 g/mol. The van der Waals surface area contributed by atoms with Gasteiger partial charge in [0.25, 0.3) is 0 Å². The highest BCUT2D eigenvalue weighted by Gasteiger charge is 2.43. The molecule has 9 heteroatoms. The van der Waals surface area contributed by atoms with E-state index in [-0.39, 0.29) is 9.92 Å². The van der Waals surface area contributed by atoms with Crippen LogP contribution in [0.2, 0.25) is 5.02 Å². The second kappa shape index (κ2) is 10.4. The Kier molecular flexibility index (Phi) is 8.17. The lowest BCUT2D eigenvalue weighted by Crippen LogP contribution is -2.42. The van der Waals surface area contributed by atoms with E-state index in [1.165, 1.54) is 22.1 Å². The highest BCUT2D eigenvalue weighted by atomic mass is 35.5. The average Bonchev–Trinajstić information content (AvgIpc) is 3.06. The maximum absolute atomic E-state index is 13.4. The predicted octanol–water partition coefficient (Wildman–Crippen LogP) is 5.28. The summed E-state index contributed by atoms with van der Waals surface area (Å²) in [6, 6.07) is 10.7. The lowest BCUT2D eigenvalue weighted by atomic mass is 10.0. The molecule has 1 aliphatic heterocycles. The van der Waals surface area contributed by atoms with Crippen LogP contribution in [0.5, 0.6) is 0 Å². The van der Waals surface area contributed by atoms with E-state index in [2.05, 4.69) is 0 Å². The number of rotatable bonds is 8. The molecule has 1 unspecified atom stereocenters. The molecule has 33 heavy (non-hydrogen) atoms. The van der Waals surface area contributed by atoms with Crippen molar-refractivity contribution in [3.63, 3.8) is 0 Å². The van der Waals surface area contributed by atoms with Gasteiger partial charge < -0.3 is 10.0 Å². The maximum atomic E-state index is 13.4. The Hall–Kier alpha value is -1.58. The molecule has 180 valence electrons. The molecule has 1 saturated heterocycles. The van der Waals surface area contributed by atoms with Crippen molar-refractivity contribution in [2.24, 2.45) is 4.99 Å². The van der Waals surface area contributed by atoms with E-state index >= 15 is 0 Å². The number of aliphatic imine (C=N–C) groups is 1. The summed E-state index contributed by atoms with van der Waals surface area (Å²) < 4.78 is 28.2. The molecule has 1 atom stereocenters. The van der Waals surface area contributed by atoms with Gasteiger partial charge in [0.1, 0.15) is 4.90 Å². The van der Waals surface area contributed by atoms with Crippen LogP contribution in [0.25, 0.3) is 0 Å². The fourth-order valence-electron chi connectivity index (χ4n) is 3.80. The van der Waals surface area contributed by atoms with Crippen molar-refractivity contribution < 1.29 is 13.5 Å². The van der Waals surface area contributed by atoms with Crippen LogP contribution in [0.15, 0.2) is 46.3 Å². The van der Waals surface area contributed by atoms with E-state index in [0.717, 1.165) is 16.8 Å². The molecule has 0 bridgehead atoms. The molecule has 1 fully saturated rings. The van der Waals surface area contributed by atoms with Gasteiger partial charge in [-0.2, -0.15) is 4.31 Å². The van der Waals surface area contributed by atoms with Gasteiger partial charge in [0, 0.05) is 25.7 Å². The molecule has 1 aliphatic rings. The van der Waals surface area contributed by atoms with Gasteiger partial charge in [-0.1, -0.05) is 55.4 Å². The number of halogens is 1. The summed E-state index contributed by atoms with van der Waals surface area (Å²) in [4.78, 5) is 6.51. The van der Waals surface area contributed by atoms with Crippen LogP contribution < -0.4 is 0 Å².